The Morgan fingerprint density at radius 2 is 2.07 bits per heavy atom. The first-order valence-corrected chi connectivity index (χ1v) is 5.12. The van der Waals surface area contributed by atoms with Gasteiger partial charge >= 0.3 is 5.97 Å². The van der Waals surface area contributed by atoms with Crippen molar-refractivity contribution in [3.05, 3.63) is 35.9 Å². The molecule has 0 aliphatic heterocycles. The lowest BCUT2D eigenvalue weighted by atomic mass is 10.1. The molecule has 0 radical (unpaired) electrons. The molecule has 0 saturated carbocycles. The van der Waals surface area contributed by atoms with Gasteiger partial charge in [-0.05, 0) is 18.9 Å². The predicted molar refractivity (Wildman–Crippen MR) is 57.3 cm³/mol. The molecular formula is C12H16O3. The van der Waals surface area contributed by atoms with Gasteiger partial charge in [0.1, 0.15) is 0 Å². The lowest BCUT2D eigenvalue weighted by Crippen LogP contribution is -2.06. The Kier molecular flexibility index (Phi) is 4.84. The molecule has 0 aliphatic rings. The van der Waals surface area contributed by atoms with Gasteiger partial charge in [0.15, 0.2) is 0 Å². The van der Waals surface area contributed by atoms with E-state index in [1.807, 2.05) is 30.3 Å². The lowest BCUT2D eigenvalue weighted by Gasteiger charge is -2.09. The van der Waals surface area contributed by atoms with E-state index >= 15 is 0 Å². The molecule has 0 heterocycles. The van der Waals surface area contributed by atoms with E-state index in [0.29, 0.717) is 13.0 Å². The SMILES string of the molecule is CCOC(=O)CC[C@H](O)c1ccccc1. The highest BCUT2D eigenvalue weighted by Gasteiger charge is 2.10. The molecular weight excluding hydrogens is 192 g/mol. The van der Waals surface area contributed by atoms with Crippen molar-refractivity contribution in [2.45, 2.75) is 25.9 Å². The molecule has 0 aliphatic carbocycles. The Morgan fingerprint density at radius 3 is 2.67 bits per heavy atom. The number of carbonyl (C=O) groups is 1. The van der Waals surface area contributed by atoms with Crippen LogP contribution in [0.2, 0.25) is 0 Å². The summed E-state index contributed by atoms with van der Waals surface area (Å²) in [5.74, 6) is -0.257. The van der Waals surface area contributed by atoms with Gasteiger partial charge in [0.25, 0.3) is 0 Å². The molecule has 0 aromatic heterocycles. The standard InChI is InChI=1S/C12H16O3/c1-2-15-12(14)9-8-11(13)10-6-4-3-5-7-10/h3-7,11,13H,2,8-9H2,1H3/t11-/m0/s1. The van der Waals surface area contributed by atoms with Gasteiger partial charge in [0.05, 0.1) is 12.7 Å². The lowest BCUT2D eigenvalue weighted by molar-refractivity contribution is -0.143. The number of aliphatic hydroxyl groups excluding tert-OH is 1. The highest BCUT2D eigenvalue weighted by molar-refractivity contribution is 5.69. The van der Waals surface area contributed by atoms with Crippen LogP contribution >= 0.6 is 0 Å². The summed E-state index contributed by atoms with van der Waals surface area (Å²) in [5, 5.41) is 9.73. The average molecular weight is 208 g/mol. The Labute approximate surface area is 89.7 Å². The summed E-state index contributed by atoms with van der Waals surface area (Å²) >= 11 is 0. The van der Waals surface area contributed by atoms with E-state index in [1.165, 1.54) is 0 Å². The Balaban J connectivity index is 2.37. The van der Waals surface area contributed by atoms with E-state index in [2.05, 4.69) is 0 Å². The third-order valence-electron chi connectivity index (χ3n) is 2.11. The number of ether oxygens (including phenoxy) is 1. The number of aliphatic hydroxyl groups is 1. The van der Waals surface area contributed by atoms with Crippen molar-refractivity contribution in [3.8, 4) is 0 Å². The molecule has 1 atom stereocenters. The van der Waals surface area contributed by atoms with Crippen molar-refractivity contribution in [3.63, 3.8) is 0 Å². The number of hydrogen-bond acceptors (Lipinski definition) is 3. The highest BCUT2D eigenvalue weighted by Crippen LogP contribution is 2.17. The van der Waals surface area contributed by atoms with Crippen LogP contribution in [0.15, 0.2) is 30.3 Å². The van der Waals surface area contributed by atoms with Crippen LogP contribution in [0.5, 0.6) is 0 Å². The number of hydrogen-bond donors (Lipinski definition) is 1. The zero-order valence-electron chi connectivity index (χ0n) is 8.85. The fourth-order valence-corrected chi connectivity index (χ4v) is 1.33. The van der Waals surface area contributed by atoms with Crippen LogP contribution in [0.4, 0.5) is 0 Å². The number of rotatable bonds is 5. The van der Waals surface area contributed by atoms with E-state index in [4.69, 9.17) is 4.74 Å². The summed E-state index contributed by atoms with van der Waals surface area (Å²) < 4.78 is 4.78. The van der Waals surface area contributed by atoms with Gasteiger partial charge in [-0.2, -0.15) is 0 Å². The fourth-order valence-electron chi connectivity index (χ4n) is 1.33. The molecule has 3 heteroatoms. The Hall–Kier alpha value is -1.35. The first-order chi connectivity index (χ1) is 7.24. The molecule has 0 unspecified atom stereocenters. The normalized spacial score (nSPS) is 12.1. The van der Waals surface area contributed by atoms with Gasteiger partial charge in [-0.1, -0.05) is 30.3 Å². The Morgan fingerprint density at radius 1 is 1.40 bits per heavy atom. The van der Waals surface area contributed by atoms with E-state index in [9.17, 15) is 9.90 Å². The van der Waals surface area contributed by atoms with Crippen LogP contribution < -0.4 is 0 Å². The van der Waals surface area contributed by atoms with Gasteiger partial charge < -0.3 is 9.84 Å². The molecule has 0 bridgehead atoms. The van der Waals surface area contributed by atoms with Crippen molar-refractivity contribution in [2.75, 3.05) is 6.61 Å². The highest BCUT2D eigenvalue weighted by atomic mass is 16.5. The number of benzene rings is 1. The van der Waals surface area contributed by atoms with Crippen molar-refractivity contribution in [1.82, 2.24) is 0 Å². The van der Waals surface area contributed by atoms with E-state index in [0.717, 1.165) is 5.56 Å². The average Bonchev–Trinajstić information content (AvgIpc) is 2.27. The molecule has 1 aromatic carbocycles. The summed E-state index contributed by atoms with van der Waals surface area (Å²) in [6, 6.07) is 9.30. The predicted octanol–water partition coefficient (Wildman–Crippen LogP) is 2.06. The third kappa shape index (κ3) is 4.13. The van der Waals surface area contributed by atoms with Crippen LogP contribution in [-0.4, -0.2) is 17.7 Å². The minimum Gasteiger partial charge on any atom is -0.466 e. The maximum Gasteiger partial charge on any atom is 0.305 e. The summed E-state index contributed by atoms with van der Waals surface area (Å²) in [5.41, 5.74) is 0.835. The van der Waals surface area contributed by atoms with Gasteiger partial charge in [-0.25, -0.2) is 0 Å². The summed E-state index contributed by atoms with van der Waals surface area (Å²) in [4.78, 5) is 11.0. The van der Waals surface area contributed by atoms with Gasteiger partial charge in [-0.3, -0.25) is 4.79 Å². The van der Waals surface area contributed by atoms with Crippen molar-refractivity contribution in [2.24, 2.45) is 0 Å². The number of carbonyl (C=O) groups excluding carboxylic acids is 1. The van der Waals surface area contributed by atoms with Crippen LogP contribution in [0.3, 0.4) is 0 Å². The van der Waals surface area contributed by atoms with Crippen molar-refractivity contribution >= 4 is 5.97 Å². The van der Waals surface area contributed by atoms with E-state index in [1.54, 1.807) is 6.92 Å². The molecule has 0 fully saturated rings. The molecule has 15 heavy (non-hydrogen) atoms. The van der Waals surface area contributed by atoms with Gasteiger partial charge in [0, 0.05) is 6.42 Å². The first-order valence-electron chi connectivity index (χ1n) is 5.12. The minimum atomic E-state index is -0.587. The second-order valence-electron chi connectivity index (χ2n) is 3.27. The number of esters is 1. The molecule has 0 spiro atoms. The molecule has 1 rings (SSSR count). The van der Waals surface area contributed by atoms with Crippen LogP contribution in [-0.2, 0) is 9.53 Å². The van der Waals surface area contributed by atoms with Gasteiger partial charge in [0.2, 0.25) is 0 Å². The third-order valence-corrected chi connectivity index (χ3v) is 2.11. The topological polar surface area (TPSA) is 46.5 Å². The largest absolute Gasteiger partial charge is 0.466 e. The molecule has 0 saturated heterocycles. The maximum atomic E-state index is 11.0. The smallest absolute Gasteiger partial charge is 0.305 e. The van der Waals surface area contributed by atoms with Crippen molar-refractivity contribution in [1.29, 1.82) is 0 Å². The zero-order valence-corrected chi connectivity index (χ0v) is 8.85. The molecule has 1 aromatic rings. The van der Waals surface area contributed by atoms with E-state index in [-0.39, 0.29) is 12.4 Å². The van der Waals surface area contributed by atoms with Crippen LogP contribution in [0.1, 0.15) is 31.4 Å². The molecule has 1 N–H and O–H groups in total. The molecule has 3 nitrogen and oxygen atoms in total. The second kappa shape index (κ2) is 6.19. The minimum absolute atomic E-state index is 0.254. The Bertz CT molecular complexity index is 295. The fraction of sp³-hybridized carbons (Fsp3) is 0.417. The van der Waals surface area contributed by atoms with Crippen LogP contribution in [0.25, 0.3) is 0 Å². The maximum absolute atomic E-state index is 11.0. The quantitative estimate of drug-likeness (QED) is 0.753. The second-order valence-corrected chi connectivity index (χ2v) is 3.27. The van der Waals surface area contributed by atoms with Crippen LogP contribution in [0, 0.1) is 0 Å². The summed E-state index contributed by atoms with van der Waals surface area (Å²) in [7, 11) is 0. The molecule has 0 amide bonds. The molecule has 82 valence electrons. The monoisotopic (exact) mass is 208 g/mol. The summed E-state index contributed by atoms with van der Waals surface area (Å²) in [6.45, 7) is 2.16. The van der Waals surface area contributed by atoms with Crippen molar-refractivity contribution < 1.29 is 14.6 Å². The zero-order chi connectivity index (χ0) is 11.1. The van der Waals surface area contributed by atoms with E-state index < -0.39 is 6.10 Å². The summed E-state index contributed by atoms with van der Waals surface area (Å²) in [6.07, 6.45) is 0.0721. The first kappa shape index (κ1) is 11.7. The van der Waals surface area contributed by atoms with Gasteiger partial charge in [-0.15, -0.1) is 0 Å².